The van der Waals surface area contributed by atoms with Crippen LogP contribution in [0.3, 0.4) is 0 Å². The zero-order valence-electron chi connectivity index (χ0n) is 15.6. The molecule has 1 aromatic heterocycles. The summed E-state index contributed by atoms with van der Waals surface area (Å²) >= 11 is 1.75. The van der Waals surface area contributed by atoms with E-state index < -0.39 is 0 Å². The summed E-state index contributed by atoms with van der Waals surface area (Å²) in [4.78, 5) is 18.4. The lowest BCUT2D eigenvalue weighted by Crippen LogP contribution is -2.40. The van der Waals surface area contributed by atoms with Crippen LogP contribution in [-0.4, -0.2) is 37.0 Å². The molecule has 1 aliphatic heterocycles. The fourth-order valence-corrected chi connectivity index (χ4v) is 4.42. The molecule has 1 aliphatic rings. The maximum atomic E-state index is 13.1. The number of benzene rings is 1. The van der Waals surface area contributed by atoms with Crippen LogP contribution in [0.4, 0.5) is 5.69 Å². The van der Waals surface area contributed by atoms with Gasteiger partial charge in [-0.2, -0.15) is 5.26 Å². The fourth-order valence-electron chi connectivity index (χ4n) is 3.53. The molecule has 1 atom stereocenters. The van der Waals surface area contributed by atoms with Crippen LogP contribution < -0.4 is 9.64 Å². The fraction of sp³-hybridized carbons (Fsp3) is 0.429. The minimum absolute atomic E-state index is 0.0397. The predicted molar refractivity (Wildman–Crippen MR) is 108 cm³/mol. The van der Waals surface area contributed by atoms with Gasteiger partial charge in [-0.1, -0.05) is 6.07 Å². The van der Waals surface area contributed by atoms with E-state index in [0.29, 0.717) is 32.2 Å². The van der Waals surface area contributed by atoms with Gasteiger partial charge in [-0.15, -0.1) is 11.3 Å². The monoisotopic (exact) mass is 383 g/mol. The molecular formula is C21H25N3O2S. The van der Waals surface area contributed by atoms with Crippen molar-refractivity contribution in [1.82, 2.24) is 4.90 Å². The Hall–Kier alpha value is -2.36. The third-order valence-corrected chi connectivity index (χ3v) is 5.75. The summed E-state index contributed by atoms with van der Waals surface area (Å²) < 4.78 is 5.48. The molecule has 0 spiro atoms. The number of hydrogen-bond acceptors (Lipinski definition) is 5. The van der Waals surface area contributed by atoms with Crippen LogP contribution in [0, 0.1) is 11.3 Å². The summed E-state index contributed by atoms with van der Waals surface area (Å²) in [7, 11) is 0. The molecule has 1 amide bonds. The van der Waals surface area contributed by atoms with Crippen molar-refractivity contribution in [1.29, 1.82) is 5.26 Å². The molecule has 3 rings (SSSR count). The van der Waals surface area contributed by atoms with E-state index in [1.165, 1.54) is 4.88 Å². The van der Waals surface area contributed by atoms with Gasteiger partial charge in [0.25, 0.3) is 0 Å². The molecule has 0 saturated carbocycles. The third-order valence-electron chi connectivity index (χ3n) is 4.78. The lowest BCUT2D eigenvalue weighted by molar-refractivity contribution is -0.120. The Morgan fingerprint density at radius 2 is 2.19 bits per heavy atom. The highest BCUT2D eigenvalue weighted by Gasteiger charge is 2.29. The number of ether oxygens (including phenoxy) is 1. The average Bonchev–Trinajstić information content (AvgIpc) is 3.35. The highest BCUT2D eigenvalue weighted by Crippen LogP contribution is 2.34. The van der Waals surface area contributed by atoms with Crippen LogP contribution in [0.15, 0.2) is 41.8 Å². The Labute approximate surface area is 164 Å². The summed E-state index contributed by atoms with van der Waals surface area (Å²) in [6, 6.07) is 14.2. The second kappa shape index (κ2) is 9.54. The highest BCUT2D eigenvalue weighted by molar-refractivity contribution is 7.10. The summed E-state index contributed by atoms with van der Waals surface area (Å²) in [5.41, 5.74) is 0.811. The molecule has 1 saturated heterocycles. The molecule has 1 fully saturated rings. The van der Waals surface area contributed by atoms with Crippen molar-refractivity contribution in [2.45, 2.75) is 32.2 Å². The Morgan fingerprint density at radius 1 is 1.37 bits per heavy atom. The number of carbonyl (C=O) groups is 1. The topological polar surface area (TPSA) is 56.6 Å². The van der Waals surface area contributed by atoms with Crippen molar-refractivity contribution >= 4 is 22.9 Å². The van der Waals surface area contributed by atoms with E-state index in [9.17, 15) is 4.79 Å². The molecular weight excluding hydrogens is 358 g/mol. The van der Waals surface area contributed by atoms with Crippen molar-refractivity contribution in [2.75, 3.05) is 31.1 Å². The van der Waals surface area contributed by atoms with E-state index in [0.717, 1.165) is 30.8 Å². The number of rotatable bonds is 8. The Kier molecular flexibility index (Phi) is 6.86. The Balaban J connectivity index is 1.72. The van der Waals surface area contributed by atoms with E-state index in [2.05, 4.69) is 28.5 Å². The molecule has 0 aliphatic carbocycles. The van der Waals surface area contributed by atoms with Crippen molar-refractivity contribution < 1.29 is 9.53 Å². The first-order chi connectivity index (χ1) is 13.2. The molecule has 2 heterocycles. The summed E-state index contributed by atoms with van der Waals surface area (Å²) in [6.45, 7) is 4.26. The standard InChI is InChI=1S/C21H25N3O2S/c1-2-26-18-10-8-17(9-11-18)24(14-5-12-22)21(25)16-23-13-3-6-19(23)20-7-4-15-27-20/h4,7-11,15,19H,2-3,5-6,13-14,16H2,1H3/t19-/m1/s1. The molecule has 27 heavy (non-hydrogen) atoms. The maximum Gasteiger partial charge on any atom is 0.241 e. The number of amides is 1. The maximum absolute atomic E-state index is 13.1. The van der Waals surface area contributed by atoms with Gasteiger partial charge in [0.15, 0.2) is 0 Å². The number of nitriles is 1. The van der Waals surface area contributed by atoms with Gasteiger partial charge in [-0.25, -0.2) is 0 Å². The molecule has 0 N–H and O–H groups in total. The van der Waals surface area contributed by atoms with Gasteiger partial charge in [-0.05, 0) is 62.0 Å². The van der Waals surface area contributed by atoms with E-state index in [1.807, 2.05) is 31.2 Å². The number of thiophene rings is 1. The minimum Gasteiger partial charge on any atom is -0.494 e. The van der Waals surface area contributed by atoms with Gasteiger partial charge in [0.05, 0.1) is 25.6 Å². The largest absolute Gasteiger partial charge is 0.494 e. The predicted octanol–water partition coefficient (Wildman–Crippen LogP) is 4.23. The first kappa shape index (κ1) is 19.4. The highest BCUT2D eigenvalue weighted by atomic mass is 32.1. The Morgan fingerprint density at radius 3 is 2.85 bits per heavy atom. The minimum atomic E-state index is 0.0397. The number of likely N-dealkylation sites (tertiary alicyclic amines) is 1. The van der Waals surface area contributed by atoms with Crippen molar-refractivity contribution in [3.05, 3.63) is 46.7 Å². The number of anilines is 1. The van der Waals surface area contributed by atoms with Gasteiger partial charge in [0.1, 0.15) is 5.75 Å². The van der Waals surface area contributed by atoms with E-state index in [4.69, 9.17) is 10.00 Å². The molecule has 0 unspecified atom stereocenters. The molecule has 0 bridgehead atoms. The third kappa shape index (κ3) is 4.88. The first-order valence-electron chi connectivity index (χ1n) is 9.40. The molecule has 0 radical (unpaired) electrons. The second-order valence-electron chi connectivity index (χ2n) is 6.52. The van der Waals surface area contributed by atoms with Gasteiger partial charge in [0, 0.05) is 23.2 Å². The van der Waals surface area contributed by atoms with Crippen LogP contribution >= 0.6 is 11.3 Å². The van der Waals surface area contributed by atoms with Crippen LogP contribution in [0.1, 0.15) is 37.1 Å². The van der Waals surface area contributed by atoms with E-state index in [1.54, 1.807) is 16.2 Å². The van der Waals surface area contributed by atoms with Gasteiger partial charge < -0.3 is 9.64 Å². The van der Waals surface area contributed by atoms with Crippen molar-refractivity contribution in [3.8, 4) is 11.8 Å². The van der Waals surface area contributed by atoms with Crippen LogP contribution in [0.2, 0.25) is 0 Å². The van der Waals surface area contributed by atoms with Crippen molar-refractivity contribution in [3.63, 3.8) is 0 Å². The molecule has 1 aromatic carbocycles. The molecule has 5 nitrogen and oxygen atoms in total. The zero-order valence-corrected chi connectivity index (χ0v) is 16.5. The first-order valence-corrected chi connectivity index (χ1v) is 10.3. The SMILES string of the molecule is CCOc1ccc(N(CCC#N)C(=O)CN2CCC[C@@H]2c2cccs2)cc1. The summed E-state index contributed by atoms with van der Waals surface area (Å²) in [5.74, 6) is 0.823. The zero-order chi connectivity index (χ0) is 19.1. The number of hydrogen-bond donors (Lipinski definition) is 0. The molecule has 2 aromatic rings. The van der Waals surface area contributed by atoms with Crippen molar-refractivity contribution in [2.24, 2.45) is 0 Å². The number of nitrogens with zero attached hydrogens (tertiary/aromatic N) is 3. The van der Waals surface area contributed by atoms with Gasteiger partial charge in [-0.3, -0.25) is 9.69 Å². The van der Waals surface area contributed by atoms with E-state index >= 15 is 0 Å². The summed E-state index contributed by atoms with van der Waals surface area (Å²) in [6.07, 6.45) is 2.51. The van der Waals surface area contributed by atoms with Crippen LogP contribution in [0.5, 0.6) is 5.75 Å². The molecule has 6 heteroatoms. The molecule has 142 valence electrons. The van der Waals surface area contributed by atoms with E-state index in [-0.39, 0.29) is 5.91 Å². The summed E-state index contributed by atoms with van der Waals surface area (Å²) in [5, 5.41) is 11.1. The Bertz CT molecular complexity index is 768. The lowest BCUT2D eigenvalue weighted by atomic mass is 10.2. The smallest absolute Gasteiger partial charge is 0.241 e. The van der Waals surface area contributed by atoms with Gasteiger partial charge in [0.2, 0.25) is 5.91 Å². The van der Waals surface area contributed by atoms with Gasteiger partial charge >= 0.3 is 0 Å². The van der Waals surface area contributed by atoms with Crippen LogP contribution in [-0.2, 0) is 4.79 Å². The second-order valence-corrected chi connectivity index (χ2v) is 7.50. The number of carbonyl (C=O) groups excluding carboxylic acids is 1. The normalized spacial score (nSPS) is 16.8. The lowest BCUT2D eigenvalue weighted by Gasteiger charge is -2.28. The quantitative estimate of drug-likeness (QED) is 0.684. The van der Waals surface area contributed by atoms with Crippen LogP contribution in [0.25, 0.3) is 0 Å². The average molecular weight is 384 g/mol.